The first kappa shape index (κ1) is 20.5. The van der Waals surface area contributed by atoms with Crippen LogP contribution in [0.2, 0.25) is 0 Å². The van der Waals surface area contributed by atoms with E-state index in [1.807, 2.05) is 63.2 Å². The minimum atomic E-state index is -0.400. The molecule has 0 atom stereocenters. The van der Waals surface area contributed by atoms with Gasteiger partial charge < -0.3 is 5.32 Å². The van der Waals surface area contributed by atoms with Gasteiger partial charge in [0.2, 0.25) is 0 Å². The van der Waals surface area contributed by atoms with Gasteiger partial charge in [0.1, 0.15) is 0 Å². The highest BCUT2D eigenvalue weighted by molar-refractivity contribution is 6.35. The molecule has 3 aromatic carbocycles. The highest BCUT2D eigenvalue weighted by Gasteiger charge is 2.37. The van der Waals surface area contributed by atoms with Crippen molar-refractivity contribution in [3.63, 3.8) is 0 Å². The molecule has 0 saturated heterocycles. The minimum Gasteiger partial charge on any atom is -0.352 e. The van der Waals surface area contributed by atoms with E-state index in [-0.39, 0.29) is 17.4 Å². The molecular formula is C26H24N2O3. The van der Waals surface area contributed by atoms with Crippen LogP contribution in [-0.4, -0.2) is 24.3 Å². The summed E-state index contributed by atoms with van der Waals surface area (Å²) in [7, 11) is 0. The molecule has 0 aromatic heterocycles. The summed E-state index contributed by atoms with van der Waals surface area (Å²) in [4.78, 5) is 39.8. The van der Waals surface area contributed by atoms with Crippen molar-refractivity contribution >= 4 is 23.4 Å². The number of fused-ring (bicyclic) bond motifs is 1. The Balaban J connectivity index is 1.52. The Hall–Kier alpha value is -3.73. The number of rotatable bonds is 5. The average Bonchev–Trinajstić information content (AvgIpc) is 3.01. The molecule has 0 aliphatic carbocycles. The number of aryl methyl sites for hydroxylation is 3. The largest absolute Gasteiger partial charge is 0.352 e. The summed E-state index contributed by atoms with van der Waals surface area (Å²) in [5.41, 5.74) is 5.70. The molecule has 4 rings (SSSR count). The fourth-order valence-electron chi connectivity index (χ4n) is 3.86. The van der Waals surface area contributed by atoms with Crippen molar-refractivity contribution in [2.24, 2.45) is 0 Å². The van der Waals surface area contributed by atoms with Crippen LogP contribution in [0.3, 0.4) is 0 Å². The van der Waals surface area contributed by atoms with Gasteiger partial charge in [0.25, 0.3) is 17.7 Å². The fourth-order valence-corrected chi connectivity index (χ4v) is 3.86. The van der Waals surface area contributed by atoms with Gasteiger partial charge in [-0.3, -0.25) is 14.4 Å². The van der Waals surface area contributed by atoms with Gasteiger partial charge >= 0.3 is 0 Å². The Labute approximate surface area is 181 Å². The monoisotopic (exact) mass is 412 g/mol. The van der Waals surface area contributed by atoms with E-state index in [4.69, 9.17) is 0 Å². The lowest BCUT2D eigenvalue weighted by molar-refractivity contribution is 0.0923. The van der Waals surface area contributed by atoms with E-state index in [2.05, 4.69) is 5.32 Å². The molecule has 1 aliphatic rings. The summed E-state index contributed by atoms with van der Waals surface area (Å²) >= 11 is 0. The molecule has 0 unspecified atom stereocenters. The van der Waals surface area contributed by atoms with Crippen LogP contribution in [0.1, 0.15) is 53.3 Å². The average molecular weight is 412 g/mol. The first-order valence-corrected chi connectivity index (χ1v) is 10.3. The highest BCUT2D eigenvalue weighted by Crippen LogP contribution is 2.31. The number of imide groups is 1. The van der Waals surface area contributed by atoms with Crippen molar-refractivity contribution < 1.29 is 14.4 Å². The quantitative estimate of drug-likeness (QED) is 0.632. The highest BCUT2D eigenvalue weighted by atomic mass is 16.2. The number of carbonyl (C=O) groups excluding carboxylic acids is 3. The second-order valence-corrected chi connectivity index (χ2v) is 7.93. The number of nitrogens with one attached hydrogen (secondary N) is 1. The second kappa shape index (κ2) is 8.19. The Bertz CT molecular complexity index is 1210. The molecule has 156 valence electrons. The fraction of sp³-hybridized carbons (Fsp3) is 0.192. The van der Waals surface area contributed by atoms with E-state index >= 15 is 0 Å². The van der Waals surface area contributed by atoms with Gasteiger partial charge in [-0.05, 0) is 73.7 Å². The van der Waals surface area contributed by atoms with Crippen molar-refractivity contribution in [2.75, 3.05) is 11.4 Å². The number of anilines is 1. The molecule has 31 heavy (non-hydrogen) atoms. The van der Waals surface area contributed by atoms with E-state index in [1.54, 1.807) is 12.1 Å². The van der Waals surface area contributed by atoms with E-state index < -0.39 is 5.91 Å². The normalized spacial score (nSPS) is 12.8. The van der Waals surface area contributed by atoms with Gasteiger partial charge in [-0.15, -0.1) is 0 Å². The molecule has 1 aliphatic heterocycles. The summed E-state index contributed by atoms with van der Waals surface area (Å²) in [6.45, 7) is 6.32. The third-order valence-electron chi connectivity index (χ3n) is 5.70. The molecule has 5 nitrogen and oxygen atoms in total. The van der Waals surface area contributed by atoms with Crippen LogP contribution in [0.15, 0.2) is 60.7 Å². The number of hydrogen-bond acceptors (Lipinski definition) is 3. The van der Waals surface area contributed by atoms with Crippen LogP contribution >= 0.6 is 0 Å². The van der Waals surface area contributed by atoms with Crippen molar-refractivity contribution in [2.45, 2.75) is 27.2 Å². The molecule has 0 bridgehead atoms. The predicted octanol–water partition coefficient (Wildman–Crippen LogP) is 4.38. The predicted molar refractivity (Wildman–Crippen MR) is 121 cm³/mol. The molecule has 0 radical (unpaired) electrons. The van der Waals surface area contributed by atoms with Crippen molar-refractivity contribution in [1.82, 2.24) is 5.32 Å². The molecule has 0 spiro atoms. The van der Waals surface area contributed by atoms with E-state index in [9.17, 15) is 14.4 Å². The van der Waals surface area contributed by atoms with E-state index in [0.717, 1.165) is 17.5 Å². The van der Waals surface area contributed by atoms with Crippen molar-refractivity contribution in [1.29, 1.82) is 0 Å². The van der Waals surface area contributed by atoms with Crippen molar-refractivity contribution in [3.8, 4) is 0 Å². The Morgan fingerprint density at radius 2 is 1.58 bits per heavy atom. The smallest absolute Gasteiger partial charge is 0.266 e. The second-order valence-electron chi connectivity index (χ2n) is 7.93. The van der Waals surface area contributed by atoms with Gasteiger partial charge in [0.05, 0.1) is 16.8 Å². The lowest BCUT2D eigenvalue weighted by Crippen LogP contribution is -2.30. The third-order valence-corrected chi connectivity index (χ3v) is 5.70. The molecule has 1 heterocycles. The summed E-state index contributed by atoms with van der Waals surface area (Å²) in [6, 6.07) is 18.4. The third kappa shape index (κ3) is 3.87. The van der Waals surface area contributed by atoms with Crippen molar-refractivity contribution in [3.05, 3.63) is 99.6 Å². The lowest BCUT2D eigenvalue weighted by atomic mass is 10.0. The Morgan fingerprint density at radius 3 is 2.35 bits per heavy atom. The molecule has 0 fully saturated rings. The zero-order chi connectivity index (χ0) is 22.1. The molecule has 1 N–H and O–H groups in total. The molecule has 0 saturated carbocycles. The summed E-state index contributed by atoms with van der Waals surface area (Å²) in [5, 5.41) is 2.90. The molecule has 5 heteroatoms. The van der Waals surface area contributed by atoms with E-state index in [1.165, 1.54) is 22.1 Å². The van der Waals surface area contributed by atoms with Crippen LogP contribution < -0.4 is 10.2 Å². The van der Waals surface area contributed by atoms with Crippen LogP contribution in [-0.2, 0) is 6.42 Å². The summed E-state index contributed by atoms with van der Waals surface area (Å²) in [6.07, 6.45) is 0.723. The number of hydrogen-bond donors (Lipinski definition) is 1. The summed E-state index contributed by atoms with van der Waals surface area (Å²) in [5.74, 6) is -1.02. The topological polar surface area (TPSA) is 66.5 Å². The van der Waals surface area contributed by atoms with Gasteiger partial charge in [-0.2, -0.15) is 0 Å². The number of benzene rings is 3. The van der Waals surface area contributed by atoms with Gasteiger partial charge in [0, 0.05) is 12.1 Å². The van der Waals surface area contributed by atoms with Crippen LogP contribution in [0.4, 0.5) is 5.69 Å². The lowest BCUT2D eigenvalue weighted by Gasteiger charge is -2.17. The molecule has 3 aromatic rings. The number of amides is 3. The van der Waals surface area contributed by atoms with E-state index in [0.29, 0.717) is 23.4 Å². The number of nitrogens with zero attached hydrogens (tertiary/aromatic N) is 1. The molecular weight excluding hydrogens is 388 g/mol. The Kier molecular flexibility index (Phi) is 5.42. The number of carbonyl (C=O) groups is 3. The van der Waals surface area contributed by atoms with Gasteiger partial charge in [-0.25, -0.2) is 4.90 Å². The maximum Gasteiger partial charge on any atom is 0.266 e. The standard InChI is InChI=1S/C26H24N2O3/c1-16-8-9-18(3)23(14-16)28-25(30)21-11-10-20(15-22(21)26(28)31)24(29)27-13-12-19-7-5-4-6-17(19)2/h4-11,14-15H,12-13H2,1-3H3,(H,27,29). The maximum atomic E-state index is 13.1. The van der Waals surface area contributed by atoms with Gasteiger partial charge in [-0.1, -0.05) is 36.4 Å². The first-order valence-electron chi connectivity index (χ1n) is 10.3. The maximum absolute atomic E-state index is 13.1. The van der Waals surface area contributed by atoms with Crippen LogP contribution in [0.25, 0.3) is 0 Å². The SMILES string of the molecule is Cc1ccc(C)c(N2C(=O)c3ccc(C(=O)NCCc4ccccc4C)cc3C2=O)c1. The van der Waals surface area contributed by atoms with Gasteiger partial charge in [0.15, 0.2) is 0 Å². The summed E-state index contributed by atoms with van der Waals surface area (Å²) < 4.78 is 0. The first-order chi connectivity index (χ1) is 14.9. The van der Waals surface area contributed by atoms with Crippen LogP contribution in [0.5, 0.6) is 0 Å². The minimum absolute atomic E-state index is 0.262. The zero-order valence-corrected chi connectivity index (χ0v) is 17.9. The zero-order valence-electron chi connectivity index (χ0n) is 17.9. The Morgan fingerprint density at radius 1 is 0.839 bits per heavy atom. The van der Waals surface area contributed by atoms with Crippen LogP contribution in [0, 0.1) is 20.8 Å². The molecule has 3 amide bonds.